The van der Waals surface area contributed by atoms with Gasteiger partial charge in [-0.15, -0.1) is 0 Å². The SMILES string of the molecule is CC(C)CC(CO)NCC(O)CO. The third-order valence-electron chi connectivity index (χ3n) is 1.83. The van der Waals surface area contributed by atoms with Crippen LogP contribution in [-0.4, -0.2) is 47.2 Å². The first kappa shape index (κ1) is 12.8. The predicted octanol–water partition coefficient (Wildman–Crippen LogP) is -0.664. The lowest BCUT2D eigenvalue weighted by Crippen LogP contribution is -2.39. The molecule has 0 aromatic carbocycles. The molecule has 0 saturated carbocycles. The van der Waals surface area contributed by atoms with Crippen molar-refractivity contribution in [2.75, 3.05) is 19.8 Å². The first-order valence-corrected chi connectivity index (χ1v) is 4.73. The molecule has 0 aliphatic heterocycles. The largest absolute Gasteiger partial charge is 0.395 e. The topological polar surface area (TPSA) is 72.7 Å². The zero-order chi connectivity index (χ0) is 10.3. The molecule has 0 aliphatic rings. The quantitative estimate of drug-likeness (QED) is 0.431. The van der Waals surface area contributed by atoms with Crippen LogP contribution in [0.1, 0.15) is 20.3 Å². The van der Waals surface area contributed by atoms with E-state index in [1.54, 1.807) is 0 Å². The van der Waals surface area contributed by atoms with Crippen LogP contribution in [0.25, 0.3) is 0 Å². The van der Waals surface area contributed by atoms with E-state index in [0.717, 1.165) is 6.42 Å². The van der Waals surface area contributed by atoms with E-state index in [4.69, 9.17) is 15.3 Å². The summed E-state index contributed by atoms with van der Waals surface area (Å²) < 4.78 is 0. The molecule has 4 nitrogen and oxygen atoms in total. The third-order valence-corrected chi connectivity index (χ3v) is 1.83. The molecule has 0 bridgehead atoms. The molecular weight excluding hydrogens is 170 g/mol. The fraction of sp³-hybridized carbons (Fsp3) is 1.00. The van der Waals surface area contributed by atoms with Crippen LogP contribution in [0.3, 0.4) is 0 Å². The van der Waals surface area contributed by atoms with E-state index in [1.807, 2.05) is 0 Å². The predicted molar refractivity (Wildman–Crippen MR) is 51.4 cm³/mol. The summed E-state index contributed by atoms with van der Waals surface area (Å²) in [4.78, 5) is 0. The van der Waals surface area contributed by atoms with Crippen molar-refractivity contribution in [3.8, 4) is 0 Å². The van der Waals surface area contributed by atoms with Crippen molar-refractivity contribution >= 4 is 0 Å². The van der Waals surface area contributed by atoms with Gasteiger partial charge in [-0.1, -0.05) is 13.8 Å². The van der Waals surface area contributed by atoms with E-state index in [9.17, 15) is 0 Å². The van der Waals surface area contributed by atoms with Gasteiger partial charge in [0, 0.05) is 12.6 Å². The van der Waals surface area contributed by atoms with E-state index in [0.29, 0.717) is 12.5 Å². The van der Waals surface area contributed by atoms with E-state index >= 15 is 0 Å². The van der Waals surface area contributed by atoms with Gasteiger partial charge >= 0.3 is 0 Å². The summed E-state index contributed by atoms with van der Waals surface area (Å²) in [5.41, 5.74) is 0. The highest BCUT2D eigenvalue weighted by atomic mass is 16.3. The summed E-state index contributed by atoms with van der Waals surface area (Å²) in [5.74, 6) is 0.510. The number of nitrogens with one attached hydrogen (secondary N) is 1. The van der Waals surface area contributed by atoms with Crippen LogP contribution in [-0.2, 0) is 0 Å². The highest BCUT2D eigenvalue weighted by Crippen LogP contribution is 2.03. The average molecular weight is 191 g/mol. The molecule has 80 valence electrons. The van der Waals surface area contributed by atoms with Gasteiger partial charge in [0.05, 0.1) is 19.3 Å². The average Bonchev–Trinajstić information content (AvgIpc) is 2.10. The molecule has 0 saturated heterocycles. The number of hydrogen-bond acceptors (Lipinski definition) is 4. The van der Waals surface area contributed by atoms with Gasteiger partial charge in [0.1, 0.15) is 0 Å². The first-order valence-electron chi connectivity index (χ1n) is 4.73. The first-order chi connectivity index (χ1) is 6.10. The maximum Gasteiger partial charge on any atom is 0.0895 e. The van der Waals surface area contributed by atoms with Crippen molar-refractivity contribution in [2.24, 2.45) is 5.92 Å². The molecule has 0 aromatic rings. The minimum absolute atomic E-state index is 0.0150. The molecule has 0 heterocycles. The Morgan fingerprint density at radius 3 is 2.15 bits per heavy atom. The van der Waals surface area contributed by atoms with Gasteiger partial charge in [-0.05, 0) is 12.3 Å². The molecule has 4 N–H and O–H groups in total. The van der Waals surface area contributed by atoms with Crippen LogP contribution in [0.2, 0.25) is 0 Å². The normalized spacial score (nSPS) is 16.2. The Morgan fingerprint density at radius 2 is 1.77 bits per heavy atom. The molecule has 13 heavy (non-hydrogen) atoms. The number of rotatable bonds is 7. The van der Waals surface area contributed by atoms with Gasteiger partial charge in [-0.3, -0.25) is 0 Å². The second-order valence-corrected chi connectivity index (χ2v) is 3.75. The summed E-state index contributed by atoms with van der Waals surface area (Å²) in [6.45, 7) is 4.30. The third kappa shape index (κ3) is 6.95. The summed E-state index contributed by atoms with van der Waals surface area (Å²) >= 11 is 0. The summed E-state index contributed by atoms with van der Waals surface area (Å²) in [5, 5.41) is 29.5. The molecule has 0 radical (unpaired) electrons. The molecule has 0 aromatic heterocycles. The van der Waals surface area contributed by atoms with E-state index < -0.39 is 6.10 Å². The van der Waals surface area contributed by atoms with Crippen LogP contribution >= 0.6 is 0 Å². The fourth-order valence-electron chi connectivity index (χ4n) is 1.16. The second kappa shape index (κ2) is 7.26. The standard InChI is InChI=1S/C9H21NO3/c1-7(2)3-8(5-11)10-4-9(13)6-12/h7-13H,3-6H2,1-2H3. The number of hydrogen-bond donors (Lipinski definition) is 4. The highest BCUT2D eigenvalue weighted by Gasteiger charge is 2.10. The smallest absolute Gasteiger partial charge is 0.0895 e. The van der Waals surface area contributed by atoms with Gasteiger partial charge in [-0.25, -0.2) is 0 Å². The number of aliphatic hydroxyl groups excluding tert-OH is 3. The molecule has 0 amide bonds. The molecule has 0 aliphatic carbocycles. The van der Waals surface area contributed by atoms with Gasteiger partial charge in [0.2, 0.25) is 0 Å². The Kier molecular flexibility index (Phi) is 7.17. The van der Waals surface area contributed by atoms with Crippen LogP contribution in [0.5, 0.6) is 0 Å². The van der Waals surface area contributed by atoms with Crippen molar-refractivity contribution < 1.29 is 15.3 Å². The van der Waals surface area contributed by atoms with Crippen LogP contribution < -0.4 is 5.32 Å². The lowest BCUT2D eigenvalue weighted by Gasteiger charge is -2.19. The Labute approximate surface area is 79.6 Å². The summed E-state index contributed by atoms with van der Waals surface area (Å²) in [6, 6.07) is 0.0150. The Morgan fingerprint density at radius 1 is 1.15 bits per heavy atom. The maximum absolute atomic E-state index is 9.04. The van der Waals surface area contributed by atoms with Gasteiger partial charge in [0.25, 0.3) is 0 Å². The second-order valence-electron chi connectivity index (χ2n) is 3.75. The Balaban J connectivity index is 3.59. The molecule has 0 fully saturated rings. The van der Waals surface area contributed by atoms with Gasteiger partial charge in [-0.2, -0.15) is 0 Å². The lowest BCUT2D eigenvalue weighted by atomic mass is 10.0. The molecule has 4 heteroatoms. The lowest BCUT2D eigenvalue weighted by molar-refractivity contribution is 0.0874. The highest BCUT2D eigenvalue weighted by molar-refractivity contribution is 4.69. The molecule has 0 rings (SSSR count). The molecule has 2 unspecified atom stereocenters. The van der Waals surface area contributed by atoms with Crippen molar-refractivity contribution in [1.82, 2.24) is 5.32 Å². The molecular formula is C9H21NO3. The van der Waals surface area contributed by atoms with Gasteiger partial charge in [0.15, 0.2) is 0 Å². The van der Waals surface area contributed by atoms with Crippen LogP contribution in [0.4, 0.5) is 0 Å². The Bertz CT molecular complexity index is 119. The van der Waals surface area contributed by atoms with Crippen molar-refractivity contribution in [1.29, 1.82) is 0 Å². The van der Waals surface area contributed by atoms with E-state index in [-0.39, 0.29) is 19.3 Å². The van der Waals surface area contributed by atoms with E-state index in [2.05, 4.69) is 19.2 Å². The van der Waals surface area contributed by atoms with Crippen molar-refractivity contribution in [3.05, 3.63) is 0 Å². The minimum Gasteiger partial charge on any atom is -0.395 e. The summed E-state index contributed by atoms with van der Waals surface area (Å²) in [7, 11) is 0. The molecule has 0 spiro atoms. The van der Waals surface area contributed by atoms with Gasteiger partial charge < -0.3 is 20.6 Å². The van der Waals surface area contributed by atoms with Crippen LogP contribution in [0, 0.1) is 5.92 Å². The minimum atomic E-state index is -0.735. The fourth-order valence-corrected chi connectivity index (χ4v) is 1.16. The van der Waals surface area contributed by atoms with Crippen molar-refractivity contribution in [2.45, 2.75) is 32.4 Å². The Hall–Kier alpha value is -0.160. The molecule has 2 atom stereocenters. The van der Waals surface area contributed by atoms with Crippen LogP contribution in [0.15, 0.2) is 0 Å². The van der Waals surface area contributed by atoms with Crippen molar-refractivity contribution in [3.63, 3.8) is 0 Å². The zero-order valence-electron chi connectivity index (χ0n) is 8.40. The zero-order valence-corrected chi connectivity index (χ0v) is 8.40. The monoisotopic (exact) mass is 191 g/mol. The van der Waals surface area contributed by atoms with E-state index in [1.165, 1.54) is 0 Å². The maximum atomic E-state index is 9.04. The summed E-state index contributed by atoms with van der Waals surface area (Å²) in [6.07, 6.45) is 0.135. The number of aliphatic hydroxyl groups is 3.